The predicted molar refractivity (Wildman–Crippen MR) is 60.7 cm³/mol. The third-order valence-electron chi connectivity index (χ3n) is 3.75. The van der Waals surface area contributed by atoms with Crippen LogP contribution in [0.2, 0.25) is 0 Å². The fourth-order valence-corrected chi connectivity index (χ4v) is 3.13. The molecule has 3 rings (SSSR count). The molecule has 16 heavy (non-hydrogen) atoms. The second-order valence-corrected chi connectivity index (χ2v) is 4.83. The summed E-state index contributed by atoms with van der Waals surface area (Å²) in [5.41, 5.74) is 5.99. The van der Waals surface area contributed by atoms with Crippen molar-refractivity contribution in [3.05, 3.63) is 24.1 Å². The van der Waals surface area contributed by atoms with Gasteiger partial charge in [0.2, 0.25) is 0 Å². The Balaban J connectivity index is 1.94. The van der Waals surface area contributed by atoms with Gasteiger partial charge in [-0.05, 0) is 37.8 Å². The molecule has 2 aliphatic rings. The topological polar surface area (TPSA) is 42.1 Å². The first-order valence-electron chi connectivity index (χ1n) is 5.90. The van der Waals surface area contributed by atoms with Crippen molar-refractivity contribution >= 4 is 5.82 Å². The third-order valence-corrected chi connectivity index (χ3v) is 3.75. The Labute approximate surface area is 94.5 Å². The minimum Gasteiger partial charge on any atom is -0.348 e. The number of hydrogen-bond acceptors (Lipinski definition) is 3. The summed E-state index contributed by atoms with van der Waals surface area (Å²) in [4.78, 5) is 6.33. The molecule has 3 nitrogen and oxygen atoms in total. The number of nitrogens with zero attached hydrogens (tertiary/aromatic N) is 2. The lowest BCUT2D eigenvalue weighted by atomic mass is 9.98. The van der Waals surface area contributed by atoms with E-state index in [4.69, 9.17) is 5.73 Å². The summed E-state index contributed by atoms with van der Waals surface area (Å²) in [6.07, 6.45) is 5.83. The average molecular weight is 221 g/mol. The molecule has 0 saturated carbocycles. The molecule has 2 atom stereocenters. The normalized spacial score (nSPS) is 33.1. The van der Waals surface area contributed by atoms with Gasteiger partial charge >= 0.3 is 0 Å². The highest BCUT2D eigenvalue weighted by Gasteiger charge is 2.41. The summed E-state index contributed by atoms with van der Waals surface area (Å²) in [5.74, 6) is 0.303. The van der Waals surface area contributed by atoms with Crippen LogP contribution in [0.3, 0.4) is 0 Å². The molecule has 2 saturated heterocycles. The summed E-state index contributed by atoms with van der Waals surface area (Å²) < 4.78 is 13.7. The molecular formula is C12H16FN3. The number of rotatable bonds is 1. The van der Waals surface area contributed by atoms with Crippen LogP contribution in [0.4, 0.5) is 10.2 Å². The number of aromatic nitrogens is 1. The van der Waals surface area contributed by atoms with Gasteiger partial charge in [0.25, 0.3) is 0 Å². The van der Waals surface area contributed by atoms with E-state index >= 15 is 0 Å². The quantitative estimate of drug-likeness (QED) is 0.784. The highest BCUT2D eigenvalue weighted by molar-refractivity contribution is 5.45. The van der Waals surface area contributed by atoms with Gasteiger partial charge in [0.15, 0.2) is 11.6 Å². The molecule has 2 unspecified atom stereocenters. The van der Waals surface area contributed by atoms with E-state index in [9.17, 15) is 4.39 Å². The number of anilines is 1. The van der Waals surface area contributed by atoms with Crippen molar-refractivity contribution in [1.82, 2.24) is 4.98 Å². The standard InChI is InChI=1S/C12H16FN3/c13-11-2-1-5-15-12(11)16-9-3-4-10(16)7-8(14)6-9/h1-2,5,8-10H,3-4,6-7,14H2. The van der Waals surface area contributed by atoms with Crippen LogP contribution in [0, 0.1) is 5.82 Å². The van der Waals surface area contributed by atoms with Crippen molar-refractivity contribution in [2.45, 2.75) is 43.8 Å². The van der Waals surface area contributed by atoms with Gasteiger partial charge in [-0.3, -0.25) is 0 Å². The minimum absolute atomic E-state index is 0.213. The van der Waals surface area contributed by atoms with Crippen LogP contribution < -0.4 is 10.6 Å². The van der Waals surface area contributed by atoms with Gasteiger partial charge in [-0.25, -0.2) is 9.37 Å². The lowest BCUT2D eigenvalue weighted by Gasteiger charge is -2.38. The Morgan fingerprint density at radius 3 is 2.62 bits per heavy atom. The van der Waals surface area contributed by atoms with E-state index in [2.05, 4.69) is 9.88 Å². The van der Waals surface area contributed by atoms with Crippen molar-refractivity contribution in [3.63, 3.8) is 0 Å². The molecule has 3 heterocycles. The van der Waals surface area contributed by atoms with Crippen molar-refractivity contribution in [2.75, 3.05) is 4.90 Å². The fraction of sp³-hybridized carbons (Fsp3) is 0.583. The number of halogens is 1. The SMILES string of the molecule is NC1CC2CCC(C1)N2c1ncccc1F. The van der Waals surface area contributed by atoms with Crippen molar-refractivity contribution in [2.24, 2.45) is 5.73 Å². The van der Waals surface area contributed by atoms with E-state index in [1.165, 1.54) is 6.07 Å². The van der Waals surface area contributed by atoms with Crippen molar-refractivity contribution in [1.29, 1.82) is 0 Å². The van der Waals surface area contributed by atoms with Crippen LogP contribution >= 0.6 is 0 Å². The second kappa shape index (κ2) is 3.70. The molecule has 4 heteroatoms. The third kappa shape index (κ3) is 1.48. The molecule has 0 spiro atoms. The van der Waals surface area contributed by atoms with Gasteiger partial charge in [0.1, 0.15) is 0 Å². The van der Waals surface area contributed by atoms with Crippen LogP contribution in [0.15, 0.2) is 18.3 Å². The van der Waals surface area contributed by atoms with Crippen molar-refractivity contribution in [3.8, 4) is 0 Å². The molecule has 2 aliphatic heterocycles. The van der Waals surface area contributed by atoms with Crippen LogP contribution in [0.25, 0.3) is 0 Å². The van der Waals surface area contributed by atoms with Crippen LogP contribution in [0.5, 0.6) is 0 Å². The van der Waals surface area contributed by atoms with Gasteiger partial charge in [0.05, 0.1) is 0 Å². The number of nitrogens with two attached hydrogens (primary N) is 1. The zero-order chi connectivity index (χ0) is 11.1. The molecule has 0 amide bonds. The second-order valence-electron chi connectivity index (χ2n) is 4.83. The van der Waals surface area contributed by atoms with E-state index in [0.29, 0.717) is 17.9 Å². The van der Waals surface area contributed by atoms with E-state index in [1.807, 2.05) is 0 Å². The molecule has 2 bridgehead atoms. The largest absolute Gasteiger partial charge is 0.348 e. The highest BCUT2D eigenvalue weighted by Crippen LogP contribution is 2.38. The van der Waals surface area contributed by atoms with E-state index in [1.54, 1.807) is 12.3 Å². The Morgan fingerprint density at radius 1 is 1.31 bits per heavy atom. The zero-order valence-corrected chi connectivity index (χ0v) is 9.14. The predicted octanol–water partition coefficient (Wildman–Crippen LogP) is 1.68. The molecule has 1 aromatic rings. The molecule has 86 valence electrons. The van der Waals surface area contributed by atoms with Crippen LogP contribution in [-0.4, -0.2) is 23.1 Å². The van der Waals surface area contributed by atoms with Gasteiger partial charge in [-0.1, -0.05) is 0 Å². The Kier molecular flexibility index (Phi) is 2.32. The summed E-state index contributed by atoms with van der Waals surface area (Å²) >= 11 is 0. The molecular weight excluding hydrogens is 205 g/mol. The molecule has 0 radical (unpaired) electrons. The number of hydrogen-bond donors (Lipinski definition) is 1. The Morgan fingerprint density at radius 2 is 2.00 bits per heavy atom. The minimum atomic E-state index is -0.213. The molecule has 0 aromatic carbocycles. The van der Waals surface area contributed by atoms with Gasteiger partial charge in [0, 0.05) is 24.3 Å². The van der Waals surface area contributed by atoms with E-state index in [-0.39, 0.29) is 11.9 Å². The average Bonchev–Trinajstić information content (AvgIpc) is 2.53. The smallest absolute Gasteiger partial charge is 0.165 e. The van der Waals surface area contributed by atoms with Gasteiger partial charge < -0.3 is 10.6 Å². The number of piperidine rings is 1. The summed E-state index contributed by atoms with van der Waals surface area (Å²) in [7, 11) is 0. The van der Waals surface area contributed by atoms with Crippen LogP contribution in [-0.2, 0) is 0 Å². The van der Waals surface area contributed by atoms with E-state index < -0.39 is 0 Å². The first-order valence-corrected chi connectivity index (χ1v) is 5.90. The maximum absolute atomic E-state index is 13.7. The van der Waals surface area contributed by atoms with Gasteiger partial charge in [-0.2, -0.15) is 0 Å². The fourth-order valence-electron chi connectivity index (χ4n) is 3.13. The number of fused-ring (bicyclic) bond motifs is 2. The van der Waals surface area contributed by atoms with E-state index in [0.717, 1.165) is 25.7 Å². The molecule has 1 aromatic heterocycles. The number of pyridine rings is 1. The summed E-state index contributed by atoms with van der Waals surface area (Å²) in [6.45, 7) is 0. The first-order chi connectivity index (χ1) is 7.75. The van der Waals surface area contributed by atoms with Crippen LogP contribution in [0.1, 0.15) is 25.7 Å². The van der Waals surface area contributed by atoms with Gasteiger partial charge in [-0.15, -0.1) is 0 Å². The summed E-state index contributed by atoms with van der Waals surface area (Å²) in [6, 6.07) is 4.17. The Hall–Kier alpha value is -1.16. The maximum atomic E-state index is 13.7. The van der Waals surface area contributed by atoms with Crippen molar-refractivity contribution < 1.29 is 4.39 Å². The molecule has 2 N–H and O–H groups in total. The summed E-state index contributed by atoms with van der Waals surface area (Å²) in [5, 5.41) is 0. The molecule has 0 aliphatic carbocycles. The zero-order valence-electron chi connectivity index (χ0n) is 9.14. The monoisotopic (exact) mass is 221 g/mol. The highest BCUT2D eigenvalue weighted by atomic mass is 19.1. The molecule has 2 fully saturated rings. The maximum Gasteiger partial charge on any atom is 0.165 e. The Bertz CT molecular complexity index is 382. The lowest BCUT2D eigenvalue weighted by molar-refractivity contribution is 0.406. The lowest BCUT2D eigenvalue weighted by Crippen LogP contribution is -2.48. The first kappa shape index (κ1) is 10.0.